The van der Waals surface area contributed by atoms with Crippen LogP contribution in [0.1, 0.15) is 16.8 Å². The lowest BCUT2D eigenvalue weighted by atomic mass is 10.0. The maximum Gasteiger partial charge on any atom is 0.259 e. The van der Waals surface area contributed by atoms with E-state index in [0.717, 1.165) is 10.8 Å². The van der Waals surface area contributed by atoms with Gasteiger partial charge in [-0.3, -0.25) is 9.59 Å². The number of pyridine rings is 1. The number of aromatic nitrogens is 3. The number of benzene rings is 3. The van der Waals surface area contributed by atoms with Gasteiger partial charge in [0.15, 0.2) is 17.3 Å². The summed E-state index contributed by atoms with van der Waals surface area (Å²) in [7, 11) is 0. The normalized spacial score (nSPS) is 14.3. The number of halogens is 1. The van der Waals surface area contributed by atoms with Crippen LogP contribution in [-0.4, -0.2) is 57.8 Å². The summed E-state index contributed by atoms with van der Waals surface area (Å²) in [4.78, 5) is 32.9. The molecule has 0 radical (unpaired) electrons. The molecule has 40 heavy (non-hydrogen) atoms. The molecule has 0 aliphatic carbocycles. The van der Waals surface area contributed by atoms with Gasteiger partial charge in [0, 0.05) is 50.2 Å². The number of fused-ring (bicyclic) bond motifs is 4. The molecule has 1 saturated heterocycles. The van der Waals surface area contributed by atoms with Gasteiger partial charge in [0.25, 0.3) is 5.91 Å². The van der Waals surface area contributed by atoms with Crippen LogP contribution in [0.15, 0.2) is 72.2 Å². The summed E-state index contributed by atoms with van der Waals surface area (Å²) in [5, 5.41) is 5.14. The highest BCUT2D eigenvalue weighted by Gasteiger charge is 2.31. The fraction of sp³-hybridized carbons (Fsp3) is 0.233. The maximum absolute atomic E-state index is 15.7. The number of morpholine rings is 1. The number of carbonyl (C=O) groups excluding carboxylic acids is 1. The summed E-state index contributed by atoms with van der Waals surface area (Å²) < 4.78 is 31.2. The van der Waals surface area contributed by atoms with Crippen LogP contribution < -0.4 is 15.5 Å². The molecule has 202 valence electrons. The number of imidazole rings is 1. The Morgan fingerprint density at radius 2 is 1.95 bits per heavy atom. The Kier molecular flexibility index (Phi) is 5.96. The molecule has 5 aromatic rings. The molecule has 7 rings (SSSR count). The fourth-order valence-electron chi connectivity index (χ4n) is 5.53. The zero-order valence-electron chi connectivity index (χ0n) is 21.6. The van der Waals surface area contributed by atoms with Gasteiger partial charge >= 0.3 is 0 Å². The van der Waals surface area contributed by atoms with Crippen LogP contribution in [0.2, 0.25) is 0 Å². The molecule has 2 aromatic heterocycles. The number of nitrogens with zero attached hydrogens (tertiary/aromatic N) is 4. The van der Waals surface area contributed by atoms with Crippen molar-refractivity contribution in [1.82, 2.24) is 19.0 Å². The maximum atomic E-state index is 15.7. The van der Waals surface area contributed by atoms with E-state index in [1.165, 1.54) is 6.07 Å². The van der Waals surface area contributed by atoms with Crippen LogP contribution >= 0.6 is 0 Å². The predicted molar refractivity (Wildman–Crippen MR) is 149 cm³/mol. The summed E-state index contributed by atoms with van der Waals surface area (Å²) in [6.45, 7) is 2.78. The zero-order chi connectivity index (χ0) is 27.2. The van der Waals surface area contributed by atoms with Gasteiger partial charge in [0.1, 0.15) is 16.8 Å². The van der Waals surface area contributed by atoms with Gasteiger partial charge in [0.05, 0.1) is 30.6 Å². The van der Waals surface area contributed by atoms with Gasteiger partial charge in [-0.15, -0.1) is 0 Å². The smallest absolute Gasteiger partial charge is 0.259 e. The van der Waals surface area contributed by atoms with Gasteiger partial charge in [-0.2, -0.15) is 0 Å². The molecule has 1 N–H and O–H groups in total. The van der Waals surface area contributed by atoms with E-state index in [9.17, 15) is 9.59 Å². The van der Waals surface area contributed by atoms with Gasteiger partial charge in [-0.25, -0.2) is 9.37 Å². The van der Waals surface area contributed by atoms with Crippen LogP contribution in [0.5, 0.6) is 11.5 Å². The number of ether oxygens (including phenoxy) is 2. The van der Waals surface area contributed by atoms with E-state index in [0.29, 0.717) is 62.8 Å². The van der Waals surface area contributed by atoms with Crippen molar-refractivity contribution in [2.24, 2.45) is 0 Å². The third-order valence-electron chi connectivity index (χ3n) is 7.49. The number of carbonyl (C=O) groups is 1. The summed E-state index contributed by atoms with van der Waals surface area (Å²) in [5.74, 6) is -0.277. The molecule has 1 amide bonds. The second kappa shape index (κ2) is 9.80. The van der Waals surface area contributed by atoms with Crippen LogP contribution in [-0.2, 0) is 11.3 Å². The highest BCUT2D eigenvalue weighted by atomic mass is 19.1. The Labute approximate surface area is 228 Å². The molecule has 0 saturated carbocycles. The second-order valence-electron chi connectivity index (χ2n) is 9.92. The third kappa shape index (κ3) is 3.99. The van der Waals surface area contributed by atoms with E-state index in [1.54, 1.807) is 23.6 Å². The number of anilines is 1. The first kappa shape index (κ1) is 24.3. The SMILES string of the molecule is O=C(c1cn2c3c(c(NCCCn4ccnc4)c(F)cc3c1=O)Oc1ccc3ccccc3c1-2)N1CCOCC1. The number of amides is 1. The molecule has 0 unspecified atom stereocenters. The molecule has 9 nitrogen and oxygen atoms in total. The van der Waals surface area contributed by atoms with E-state index in [1.807, 2.05) is 51.7 Å². The van der Waals surface area contributed by atoms with Crippen LogP contribution in [0.4, 0.5) is 10.1 Å². The molecule has 3 aromatic carbocycles. The molecule has 0 spiro atoms. The molecular formula is C30H26FN5O4. The molecule has 1 fully saturated rings. The summed E-state index contributed by atoms with van der Waals surface area (Å²) in [5.41, 5.74) is 0.760. The van der Waals surface area contributed by atoms with E-state index in [-0.39, 0.29) is 22.4 Å². The molecule has 10 heteroatoms. The lowest BCUT2D eigenvalue weighted by Crippen LogP contribution is -2.42. The van der Waals surface area contributed by atoms with Crippen LogP contribution in [0.3, 0.4) is 0 Å². The van der Waals surface area contributed by atoms with Crippen molar-refractivity contribution in [1.29, 1.82) is 0 Å². The van der Waals surface area contributed by atoms with Gasteiger partial charge < -0.3 is 28.8 Å². The monoisotopic (exact) mass is 539 g/mol. The molecule has 0 bridgehead atoms. The Bertz CT molecular complexity index is 1830. The van der Waals surface area contributed by atoms with E-state index < -0.39 is 17.2 Å². The van der Waals surface area contributed by atoms with Crippen LogP contribution in [0, 0.1) is 5.82 Å². The van der Waals surface area contributed by atoms with E-state index in [2.05, 4.69) is 10.3 Å². The number of hydrogen-bond donors (Lipinski definition) is 1. The van der Waals surface area contributed by atoms with Gasteiger partial charge in [-0.05, 0) is 23.9 Å². The zero-order valence-corrected chi connectivity index (χ0v) is 21.6. The van der Waals surface area contributed by atoms with Crippen molar-refractivity contribution in [2.75, 3.05) is 38.2 Å². The largest absolute Gasteiger partial charge is 0.451 e. The molecule has 0 atom stereocenters. The quantitative estimate of drug-likeness (QED) is 0.312. The Morgan fingerprint density at radius 3 is 2.77 bits per heavy atom. The standard InChI is InChI=1S/C30H26FN5O4/c31-23-16-21-27-29(25(23)33-8-3-10-34-11-9-32-18-34)40-24-7-6-19-4-1-2-5-20(19)26(24)36(27)17-22(28(21)37)30(38)35-12-14-39-15-13-35/h1-2,4-7,9,11,16-18,33H,3,8,10,12-15H2. The topological polar surface area (TPSA) is 90.6 Å². The minimum Gasteiger partial charge on any atom is -0.451 e. The number of nitrogens with one attached hydrogen (secondary N) is 1. The van der Waals surface area contributed by atoms with Crippen molar-refractivity contribution in [3.05, 3.63) is 89.0 Å². The van der Waals surface area contributed by atoms with Crippen molar-refractivity contribution >= 4 is 33.3 Å². The Balaban J connectivity index is 1.40. The lowest BCUT2D eigenvalue weighted by Gasteiger charge is -2.29. The molecular weight excluding hydrogens is 513 g/mol. The minimum atomic E-state index is -0.617. The fourth-order valence-corrected chi connectivity index (χ4v) is 5.53. The first-order valence-electron chi connectivity index (χ1n) is 13.3. The average molecular weight is 540 g/mol. The first-order chi connectivity index (χ1) is 19.6. The highest BCUT2D eigenvalue weighted by Crippen LogP contribution is 2.47. The Hall–Kier alpha value is -4.70. The number of rotatable bonds is 6. The number of aryl methyl sites for hydroxylation is 1. The minimum absolute atomic E-state index is 0.0124. The first-order valence-corrected chi connectivity index (χ1v) is 13.3. The second-order valence-corrected chi connectivity index (χ2v) is 9.92. The third-order valence-corrected chi connectivity index (χ3v) is 7.49. The van der Waals surface area contributed by atoms with Gasteiger partial charge in [-0.1, -0.05) is 30.3 Å². The summed E-state index contributed by atoms with van der Waals surface area (Å²) >= 11 is 0. The molecule has 4 heterocycles. The van der Waals surface area contributed by atoms with Crippen LogP contribution in [0.25, 0.3) is 27.4 Å². The summed E-state index contributed by atoms with van der Waals surface area (Å²) in [6.07, 6.45) is 7.63. The van der Waals surface area contributed by atoms with E-state index in [4.69, 9.17) is 9.47 Å². The van der Waals surface area contributed by atoms with Crippen molar-refractivity contribution in [3.63, 3.8) is 0 Å². The average Bonchev–Trinajstić information content (AvgIpc) is 3.51. The Morgan fingerprint density at radius 1 is 1.10 bits per heavy atom. The van der Waals surface area contributed by atoms with Crippen molar-refractivity contribution in [2.45, 2.75) is 13.0 Å². The van der Waals surface area contributed by atoms with E-state index >= 15 is 4.39 Å². The predicted octanol–water partition coefficient (Wildman–Crippen LogP) is 4.56. The number of hydrogen-bond acceptors (Lipinski definition) is 6. The molecule has 2 aliphatic rings. The lowest BCUT2D eigenvalue weighted by molar-refractivity contribution is 0.0302. The summed E-state index contributed by atoms with van der Waals surface area (Å²) in [6, 6.07) is 12.8. The molecule has 2 aliphatic heterocycles. The van der Waals surface area contributed by atoms with Crippen molar-refractivity contribution in [3.8, 4) is 17.2 Å². The highest BCUT2D eigenvalue weighted by molar-refractivity contribution is 6.04. The van der Waals surface area contributed by atoms with Crippen molar-refractivity contribution < 1.29 is 18.7 Å². The van der Waals surface area contributed by atoms with Gasteiger partial charge in [0.2, 0.25) is 5.43 Å².